The second-order valence-corrected chi connectivity index (χ2v) is 10.1. The fourth-order valence-corrected chi connectivity index (χ4v) is 5.77. The van der Waals surface area contributed by atoms with Crippen molar-refractivity contribution in [2.75, 3.05) is 26.7 Å². The lowest BCUT2D eigenvalue weighted by Gasteiger charge is -2.34. The molecular weight excluding hydrogens is 450 g/mol. The van der Waals surface area contributed by atoms with Gasteiger partial charge in [-0.1, -0.05) is 37.1 Å². The van der Waals surface area contributed by atoms with Crippen molar-refractivity contribution in [2.24, 2.45) is 5.92 Å². The first-order chi connectivity index (χ1) is 16.5. The average molecular weight is 486 g/mol. The molecule has 0 spiro atoms. The molecule has 2 amide bonds. The number of hydrogen-bond acceptors (Lipinski definition) is 4. The van der Waals surface area contributed by atoms with Gasteiger partial charge < -0.3 is 14.8 Å². The van der Waals surface area contributed by atoms with Gasteiger partial charge in [0.15, 0.2) is 0 Å². The number of H-pyrrole nitrogens is 1. The lowest BCUT2D eigenvalue weighted by atomic mass is 9.96. The van der Waals surface area contributed by atoms with Crippen LogP contribution >= 0.6 is 11.6 Å². The van der Waals surface area contributed by atoms with E-state index in [1.54, 1.807) is 12.5 Å². The Morgan fingerprint density at radius 3 is 2.85 bits per heavy atom. The van der Waals surface area contributed by atoms with E-state index in [0.717, 1.165) is 56.6 Å². The van der Waals surface area contributed by atoms with Crippen molar-refractivity contribution in [3.8, 4) is 0 Å². The highest BCUT2D eigenvalue weighted by atomic mass is 35.5. The molecule has 1 aromatic heterocycles. The van der Waals surface area contributed by atoms with Gasteiger partial charge in [0.25, 0.3) is 0 Å². The summed E-state index contributed by atoms with van der Waals surface area (Å²) in [4.78, 5) is 39.9. The molecule has 8 heteroatoms. The second-order valence-electron chi connectivity index (χ2n) is 9.68. The SMILES string of the molecule is CC[C@H]1CCN(C[C@@H]2CCCN2C(=O)CCc2cnc[nH]2)[C@@H]1C(=O)N(C)Cc1cccc(Cl)c1. The van der Waals surface area contributed by atoms with Gasteiger partial charge in [0.2, 0.25) is 11.8 Å². The Morgan fingerprint density at radius 1 is 1.26 bits per heavy atom. The number of carbonyl (C=O) groups excluding carboxylic acids is 2. The molecule has 3 atom stereocenters. The smallest absolute Gasteiger partial charge is 0.240 e. The van der Waals surface area contributed by atoms with Crippen LogP contribution in [-0.2, 0) is 22.6 Å². The number of carbonyl (C=O) groups is 2. The Balaban J connectivity index is 1.39. The summed E-state index contributed by atoms with van der Waals surface area (Å²) in [6, 6.07) is 7.74. The first kappa shape index (κ1) is 24.7. The molecule has 0 radical (unpaired) electrons. The summed E-state index contributed by atoms with van der Waals surface area (Å²) >= 11 is 6.14. The number of nitrogens with zero attached hydrogens (tertiary/aromatic N) is 4. The molecule has 2 aliphatic heterocycles. The molecule has 34 heavy (non-hydrogen) atoms. The minimum absolute atomic E-state index is 0.128. The zero-order valence-corrected chi connectivity index (χ0v) is 21.0. The molecular formula is C26H36ClN5O2. The summed E-state index contributed by atoms with van der Waals surface area (Å²) in [5, 5.41) is 0.686. The fraction of sp³-hybridized carbons (Fsp3) is 0.577. The van der Waals surface area contributed by atoms with Gasteiger partial charge in [0.1, 0.15) is 0 Å². The Labute approximate surface area is 207 Å². The highest BCUT2D eigenvalue weighted by molar-refractivity contribution is 6.30. The summed E-state index contributed by atoms with van der Waals surface area (Å²) in [6.07, 6.45) is 8.63. The van der Waals surface area contributed by atoms with Crippen molar-refractivity contribution < 1.29 is 9.59 Å². The number of hydrogen-bond donors (Lipinski definition) is 1. The summed E-state index contributed by atoms with van der Waals surface area (Å²) in [7, 11) is 1.88. The number of benzene rings is 1. The van der Waals surface area contributed by atoms with Crippen LogP contribution in [0, 0.1) is 5.92 Å². The van der Waals surface area contributed by atoms with Crippen molar-refractivity contribution >= 4 is 23.4 Å². The van der Waals surface area contributed by atoms with Gasteiger partial charge in [-0.3, -0.25) is 14.5 Å². The fourth-order valence-electron chi connectivity index (χ4n) is 5.56. The third-order valence-corrected chi connectivity index (χ3v) is 7.63. The summed E-state index contributed by atoms with van der Waals surface area (Å²) in [5.74, 6) is 0.712. The third-order valence-electron chi connectivity index (χ3n) is 7.40. The maximum Gasteiger partial charge on any atom is 0.240 e. The molecule has 0 saturated carbocycles. The van der Waals surface area contributed by atoms with Gasteiger partial charge in [-0.2, -0.15) is 0 Å². The van der Waals surface area contributed by atoms with E-state index in [1.807, 2.05) is 41.1 Å². The Kier molecular flexibility index (Phi) is 8.27. The molecule has 1 N–H and O–H groups in total. The van der Waals surface area contributed by atoms with Crippen LogP contribution in [0.5, 0.6) is 0 Å². The van der Waals surface area contributed by atoms with Crippen molar-refractivity contribution in [2.45, 2.75) is 64.1 Å². The van der Waals surface area contributed by atoms with Gasteiger partial charge in [0.05, 0.1) is 12.4 Å². The van der Waals surface area contributed by atoms with Crippen molar-refractivity contribution in [3.05, 3.63) is 53.1 Å². The number of aromatic amines is 1. The molecule has 2 aliphatic rings. The highest BCUT2D eigenvalue weighted by Gasteiger charge is 2.42. The topological polar surface area (TPSA) is 72.5 Å². The van der Waals surface area contributed by atoms with Crippen molar-refractivity contribution in [1.82, 2.24) is 24.7 Å². The van der Waals surface area contributed by atoms with E-state index < -0.39 is 0 Å². The second kappa shape index (κ2) is 11.4. The molecule has 2 saturated heterocycles. The number of aryl methyl sites for hydroxylation is 1. The minimum atomic E-state index is -0.128. The number of amides is 2. The molecule has 7 nitrogen and oxygen atoms in total. The van der Waals surface area contributed by atoms with Crippen LogP contribution in [0.3, 0.4) is 0 Å². The van der Waals surface area contributed by atoms with Crippen LogP contribution in [-0.4, -0.2) is 75.2 Å². The first-order valence-corrected chi connectivity index (χ1v) is 12.8. The lowest BCUT2D eigenvalue weighted by molar-refractivity contribution is -0.137. The number of imidazole rings is 1. The normalized spacial score (nSPS) is 22.9. The predicted octanol–water partition coefficient (Wildman–Crippen LogP) is 3.75. The molecule has 184 valence electrons. The highest BCUT2D eigenvalue weighted by Crippen LogP contribution is 2.31. The molecule has 3 heterocycles. The summed E-state index contributed by atoms with van der Waals surface area (Å²) in [5.41, 5.74) is 2.02. The zero-order chi connectivity index (χ0) is 24.1. The number of likely N-dealkylation sites (tertiary alicyclic amines) is 2. The maximum atomic E-state index is 13.6. The van der Waals surface area contributed by atoms with Crippen LogP contribution in [0.4, 0.5) is 0 Å². The molecule has 0 unspecified atom stereocenters. The maximum absolute atomic E-state index is 13.6. The molecule has 4 rings (SSSR count). The Hall–Kier alpha value is -2.38. The molecule has 1 aromatic carbocycles. The van der Waals surface area contributed by atoms with Crippen LogP contribution < -0.4 is 0 Å². The minimum Gasteiger partial charge on any atom is -0.348 e. The van der Waals surface area contributed by atoms with Crippen LogP contribution in [0.15, 0.2) is 36.8 Å². The summed E-state index contributed by atoms with van der Waals surface area (Å²) in [6.45, 7) is 5.21. The predicted molar refractivity (Wildman–Crippen MR) is 133 cm³/mol. The molecule has 2 aromatic rings. The van der Waals surface area contributed by atoms with E-state index in [1.165, 1.54) is 0 Å². The van der Waals surface area contributed by atoms with E-state index in [0.29, 0.717) is 30.3 Å². The van der Waals surface area contributed by atoms with Crippen LogP contribution in [0.25, 0.3) is 0 Å². The summed E-state index contributed by atoms with van der Waals surface area (Å²) < 4.78 is 0. The lowest BCUT2D eigenvalue weighted by Crippen LogP contribution is -2.51. The molecule has 2 fully saturated rings. The largest absolute Gasteiger partial charge is 0.348 e. The monoisotopic (exact) mass is 485 g/mol. The zero-order valence-electron chi connectivity index (χ0n) is 20.3. The molecule has 0 aliphatic carbocycles. The average Bonchev–Trinajstić information content (AvgIpc) is 3.58. The van der Waals surface area contributed by atoms with E-state index in [2.05, 4.69) is 21.8 Å². The standard InChI is InChI=1S/C26H36ClN5O2/c1-3-20-11-13-31(25(20)26(34)30(2)16-19-6-4-7-21(27)14-19)17-23-8-5-12-32(23)24(33)10-9-22-15-28-18-29-22/h4,6-7,14-15,18,20,23,25H,3,5,8-13,16-17H2,1-2H3,(H,28,29)/t20-,23-,25-/m0/s1. The quantitative estimate of drug-likeness (QED) is 0.587. The number of likely N-dealkylation sites (N-methyl/N-ethyl adjacent to an activating group) is 1. The van der Waals surface area contributed by atoms with Gasteiger partial charge >= 0.3 is 0 Å². The van der Waals surface area contributed by atoms with Crippen molar-refractivity contribution in [3.63, 3.8) is 0 Å². The van der Waals surface area contributed by atoms with Gasteiger partial charge in [-0.15, -0.1) is 0 Å². The van der Waals surface area contributed by atoms with Gasteiger partial charge in [-0.05, 0) is 55.8 Å². The van der Waals surface area contributed by atoms with E-state index in [4.69, 9.17) is 11.6 Å². The van der Waals surface area contributed by atoms with E-state index in [-0.39, 0.29) is 23.9 Å². The van der Waals surface area contributed by atoms with E-state index >= 15 is 0 Å². The third kappa shape index (κ3) is 5.81. The van der Waals surface area contributed by atoms with Crippen molar-refractivity contribution in [1.29, 1.82) is 0 Å². The van der Waals surface area contributed by atoms with Gasteiger partial charge in [-0.25, -0.2) is 4.98 Å². The van der Waals surface area contributed by atoms with Crippen LogP contribution in [0.2, 0.25) is 5.02 Å². The number of rotatable bonds is 9. The number of nitrogens with one attached hydrogen (secondary N) is 1. The van der Waals surface area contributed by atoms with Crippen LogP contribution in [0.1, 0.15) is 50.3 Å². The molecule has 0 bridgehead atoms. The number of halogens is 1. The van der Waals surface area contributed by atoms with Gasteiger partial charge in [0, 0.05) is 56.1 Å². The van der Waals surface area contributed by atoms with E-state index in [9.17, 15) is 9.59 Å². The first-order valence-electron chi connectivity index (χ1n) is 12.5. The number of aromatic nitrogens is 2. The Morgan fingerprint density at radius 2 is 2.12 bits per heavy atom. The Bertz CT molecular complexity index is 966.